The predicted octanol–water partition coefficient (Wildman–Crippen LogP) is 3.36. The second kappa shape index (κ2) is 8.72. The van der Waals surface area contributed by atoms with Crippen LogP contribution in [0, 0.1) is 12.8 Å². The number of amides is 1. The zero-order chi connectivity index (χ0) is 14.1. The summed E-state index contributed by atoms with van der Waals surface area (Å²) in [4.78, 5) is 18.5. The Kier molecular flexibility index (Phi) is 8.08. The Morgan fingerprint density at radius 3 is 2.28 bits per heavy atom. The van der Waals surface area contributed by atoms with Gasteiger partial charge < -0.3 is 10.3 Å². The molecule has 0 aliphatic heterocycles. The Morgan fingerprint density at radius 1 is 1.39 bits per heavy atom. The van der Waals surface area contributed by atoms with Gasteiger partial charge in [-0.1, -0.05) is 27.7 Å². The van der Waals surface area contributed by atoms with Crippen molar-refractivity contribution in [3.63, 3.8) is 0 Å². The molecular weight excluding hydrogens is 226 g/mol. The molecule has 1 aromatic heterocycles. The number of hydrogen-bond donors (Lipinski definition) is 2. The first-order valence-electron chi connectivity index (χ1n) is 6.95. The van der Waals surface area contributed by atoms with Gasteiger partial charge in [0.25, 0.3) is 0 Å². The van der Waals surface area contributed by atoms with E-state index in [-0.39, 0.29) is 11.9 Å². The zero-order valence-electron chi connectivity index (χ0n) is 12.5. The molecule has 1 unspecified atom stereocenters. The number of carbonyl (C=O) groups excluding carboxylic acids is 1. The van der Waals surface area contributed by atoms with Crippen LogP contribution in [-0.4, -0.2) is 15.9 Å². The first-order valence-corrected chi connectivity index (χ1v) is 6.95. The molecule has 4 nitrogen and oxygen atoms in total. The summed E-state index contributed by atoms with van der Waals surface area (Å²) < 4.78 is 0. The number of rotatable bonds is 3. The van der Waals surface area contributed by atoms with Crippen molar-refractivity contribution in [3.05, 3.63) is 17.7 Å². The van der Waals surface area contributed by atoms with E-state index in [4.69, 9.17) is 0 Å². The number of hydrogen-bond acceptors (Lipinski definition) is 2. The van der Waals surface area contributed by atoms with Gasteiger partial charge in [0, 0.05) is 18.8 Å². The minimum Gasteiger partial charge on any atom is -0.346 e. The number of aromatic nitrogens is 2. The Hall–Kier alpha value is -1.32. The number of H-pyrrole nitrogens is 1. The van der Waals surface area contributed by atoms with Gasteiger partial charge in [-0.15, -0.1) is 0 Å². The first-order chi connectivity index (χ1) is 8.66. The van der Waals surface area contributed by atoms with Crippen molar-refractivity contribution in [1.29, 1.82) is 0 Å². The van der Waals surface area contributed by atoms with Gasteiger partial charge in [-0.05, 0) is 25.7 Å². The normalized spacial score (nSPS) is 14.6. The summed E-state index contributed by atoms with van der Waals surface area (Å²) in [6, 6.07) is 0.0844. The molecule has 1 amide bonds. The van der Waals surface area contributed by atoms with Crippen molar-refractivity contribution >= 4 is 5.91 Å². The van der Waals surface area contributed by atoms with E-state index in [0.717, 1.165) is 11.5 Å². The molecule has 2 N–H and O–H groups in total. The van der Waals surface area contributed by atoms with Crippen molar-refractivity contribution in [2.75, 3.05) is 0 Å². The lowest BCUT2D eigenvalue weighted by atomic mass is 10.2. The third-order valence-electron chi connectivity index (χ3n) is 2.47. The van der Waals surface area contributed by atoms with E-state index < -0.39 is 0 Å². The van der Waals surface area contributed by atoms with E-state index in [1.165, 1.54) is 12.8 Å². The van der Waals surface area contributed by atoms with E-state index >= 15 is 0 Å². The molecule has 0 bridgehead atoms. The maximum Gasteiger partial charge on any atom is 0.217 e. The second-order valence-corrected chi connectivity index (χ2v) is 3.97. The molecule has 18 heavy (non-hydrogen) atoms. The number of nitrogens with zero attached hydrogens (tertiary/aromatic N) is 1. The molecule has 0 radical (unpaired) electrons. The van der Waals surface area contributed by atoms with Gasteiger partial charge in [-0.25, -0.2) is 4.98 Å². The number of nitrogens with one attached hydrogen (secondary N) is 2. The second-order valence-electron chi connectivity index (χ2n) is 3.97. The van der Waals surface area contributed by atoms with E-state index in [1.54, 1.807) is 13.1 Å². The molecular formula is C14H27N3O. The minimum absolute atomic E-state index is 0.0101. The predicted molar refractivity (Wildman–Crippen MR) is 75.3 cm³/mol. The van der Waals surface area contributed by atoms with Crippen molar-refractivity contribution in [2.45, 2.75) is 60.4 Å². The van der Waals surface area contributed by atoms with Crippen LogP contribution in [0.25, 0.3) is 0 Å². The summed E-state index contributed by atoms with van der Waals surface area (Å²) in [6.07, 6.45) is 4.17. The number of aromatic amines is 1. The fourth-order valence-corrected chi connectivity index (χ4v) is 1.65. The Labute approximate surface area is 111 Å². The van der Waals surface area contributed by atoms with E-state index in [1.807, 2.05) is 34.6 Å². The van der Waals surface area contributed by atoms with Crippen LogP contribution in [0.4, 0.5) is 0 Å². The molecule has 1 fully saturated rings. The molecule has 0 spiro atoms. The molecule has 104 valence electrons. The van der Waals surface area contributed by atoms with Crippen molar-refractivity contribution in [3.8, 4) is 0 Å². The molecule has 1 heterocycles. The van der Waals surface area contributed by atoms with Gasteiger partial charge in [-0.3, -0.25) is 4.79 Å². The lowest BCUT2D eigenvalue weighted by molar-refractivity contribution is -0.119. The molecule has 1 saturated carbocycles. The smallest absolute Gasteiger partial charge is 0.217 e. The Bertz CT molecular complexity index is 343. The van der Waals surface area contributed by atoms with Gasteiger partial charge in [0.1, 0.15) is 5.82 Å². The van der Waals surface area contributed by atoms with Crippen LogP contribution in [0.15, 0.2) is 6.20 Å². The average molecular weight is 253 g/mol. The summed E-state index contributed by atoms with van der Waals surface area (Å²) in [7, 11) is 0. The average Bonchev–Trinajstić information content (AvgIpc) is 3.13. The molecule has 1 aliphatic rings. The van der Waals surface area contributed by atoms with E-state index in [9.17, 15) is 4.79 Å². The summed E-state index contributed by atoms with van der Waals surface area (Å²) >= 11 is 0. The maximum atomic E-state index is 11.0. The summed E-state index contributed by atoms with van der Waals surface area (Å²) in [5.74, 6) is 1.47. The molecule has 4 heteroatoms. The van der Waals surface area contributed by atoms with Crippen molar-refractivity contribution in [1.82, 2.24) is 15.3 Å². The van der Waals surface area contributed by atoms with Crippen LogP contribution in [0.3, 0.4) is 0 Å². The third kappa shape index (κ3) is 5.34. The number of aryl methyl sites for hydroxylation is 1. The molecule has 2 rings (SSSR count). The van der Waals surface area contributed by atoms with Crippen LogP contribution in [0.5, 0.6) is 0 Å². The quantitative estimate of drug-likeness (QED) is 0.867. The molecule has 1 aliphatic carbocycles. The van der Waals surface area contributed by atoms with Gasteiger partial charge in [0.2, 0.25) is 5.91 Å². The van der Waals surface area contributed by atoms with E-state index in [2.05, 4.69) is 15.3 Å². The van der Waals surface area contributed by atoms with Crippen molar-refractivity contribution in [2.24, 2.45) is 5.92 Å². The van der Waals surface area contributed by atoms with Crippen molar-refractivity contribution < 1.29 is 4.79 Å². The summed E-state index contributed by atoms with van der Waals surface area (Å²) in [6.45, 7) is 11.5. The molecule has 1 atom stereocenters. The lowest BCUT2D eigenvalue weighted by Crippen LogP contribution is -2.28. The highest BCUT2D eigenvalue weighted by molar-refractivity contribution is 5.73. The van der Waals surface area contributed by atoms with Gasteiger partial charge >= 0.3 is 0 Å². The molecule has 0 aromatic carbocycles. The van der Waals surface area contributed by atoms with Crippen LogP contribution in [-0.2, 0) is 4.79 Å². The Morgan fingerprint density at radius 2 is 1.94 bits per heavy atom. The maximum absolute atomic E-state index is 11.0. The fraction of sp³-hybridized carbons (Fsp3) is 0.714. The van der Waals surface area contributed by atoms with Crippen LogP contribution in [0.2, 0.25) is 0 Å². The topological polar surface area (TPSA) is 57.8 Å². The van der Waals surface area contributed by atoms with Crippen LogP contribution in [0.1, 0.15) is 65.0 Å². The van der Waals surface area contributed by atoms with Gasteiger partial charge in [0.15, 0.2) is 0 Å². The first kappa shape index (κ1) is 16.7. The van der Waals surface area contributed by atoms with Crippen LogP contribution >= 0.6 is 0 Å². The fourth-order valence-electron chi connectivity index (χ4n) is 1.65. The number of imidazole rings is 1. The van der Waals surface area contributed by atoms with Crippen LogP contribution < -0.4 is 5.32 Å². The summed E-state index contributed by atoms with van der Waals surface area (Å²) in [5, 5.41) is 2.94. The number of carbonyl (C=O) groups is 1. The minimum atomic E-state index is 0.0101. The monoisotopic (exact) mass is 253 g/mol. The SMILES string of the molecule is CC.CC.CC(=O)NC(c1ncc(C)[nH]1)C1CC1. The highest BCUT2D eigenvalue weighted by Gasteiger charge is 2.34. The standard InChI is InChI=1S/C10H15N3O.2C2H6/c1-6-5-11-10(12-6)9(8-3-4-8)13-7(2)14;2*1-2/h5,8-9H,3-4H2,1-2H3,(H,11,12)(H,13,14);2*1-2H3. The molecule has 1 aromatic rings. The summed E-state index contributed by atoms with van der Waals surface area (Å²) in [5.41, 5.74) is 1.04. The highest BCUT2D eigenvalue weighted by atomic mass is 16.1. The highest BCUT2D eigenvalue weighted by Crippen LogP contribution is 2.39. The molecule has 0 saturated heterocycles. The zero-order valence-corrected chi connectivity index (χ0v) is 12.5. The Balaban J connectivity index is 0.000000659. The third-order valence-corrected chi connectivity index (χ3v) is 2.47. The van der Waals surface area contributed by atoms with Gasteiger partial charge in [-0.2, -0.15) is 0 Å². The van der Waals surface area contributed by atoms with Gasteiger partial charge in [0.05, 0.1) is 6.04 Å². The van der Waals surface area contributed by atoms with E-state index in [0.29, 0.717) is 5.92 Å². The lowest BCUT2D eigenvalue weighted by Gasteiger charge is -2.14. The largest absolute Gasteiger partial charge is 0.346 e.